The first kappa shape index (κ1) is 21.7. The van der Waals surface area contributed by atoms with E-state index >= 15 is 0 Å². The van der Waals surface area contributed by atoms with Gasteiger partial charge in [-0.2, -0.15) is 8.42 Å². The number of nitro groups is 1. The SMILES string of the molecule is O=[N+]([O-])c1cc(N=Nc2c(O)ccc3ccccc23)c(O)c(S(=O)(=O)O)c1.[Na]. The van der Waals surface area contributed by atoms with Gasteiger partial charge in [0.2, 0.25) is 0 Å². The van der Waals surface area contributed by atoms with Gasteiger partial charge in [0.1, 0.15) is 22.0 Å². The monoisotopic (exact) mass is 412 g/mol. The number of hydrogen-bond acceptors (Lipinski definition) is 8. The molecule has 3 aromatic rings. The second-order valence-electron chi connectivity index (χ2n) is 5.40. The predicted molar refractivity (Wildman–Crippen MR) is 100 cm³/mol. The normalized spacial score (nSPS) is 11.5. The Bertz CT molecular complexity index is 1210. The van der Waals surface area contributed by atoms with Crippen LogP contribution in [-0.2, 0) is 10.1 Å². The van der Waals surface area contributed by atoms with E-state index in [1.807, 2.05) is 0 Å². The molecular formula is C16H11N3NaO7S. The standard InChI is InChI=1S/C16H11N3O7S.Na/c20-13-6-5-9-3-1-2-4-11(9)15(13)18-17-12-7-10(19(22)23)8-14(16(12)21)27(24,25)26;/h1-8,20-21H,(H,24,25,26);. The molecule has 1 radical (unpaired) electrons. The zero-order valence-corrected chi connectivity index (χ0v) is 17.2. The summed E-state index contributed by atoms with van der Waals surface area (Å²) >= 11 is 0. The molecule has 12 heteroatoms. The van der Waals surface area contributed by atoms with Gasteiger partial charge >= 0.3 is 0 Å². The van der Waals surface area contributed by atoms with Crippen LogP contribution in [0.5, 0.6) is 11.5 Å². The fourth-order valence-corrected chi connectivity index (χ4v) is 3.03. The molecule has 0 aromatic heterocycles. The van der Waals surface area contributed by atoms with E-state index < -0.39 is 37.1 Å². The third-order valence-corrected chi connectivity index (χ3v) is 4.53. The topological polar surface area (TPSA) is 163 Å². The Kier molecular flexibility index (Phi) is 6.37. The maximum absolute atomic E-state index is 11.3. The molecule has 0 saturated heterocycles. The van der Waals surface area contributed by atoms with E-state index in [9.17, 15) is 28.7 Å². The summed E-state index contributed by atoms with van der Waals surface area (Å²) in [5.41, 5.74) is -1.27. The molecular weight excluding hydrogens is 401 g/mol. The molecule has 0 aliphatic rings. The van der Waals surface area contributed by atoms with Crippen LogP contribution in [0.4, 0.5) is 17.1 Å². The van der Waals surface area contributed by atoms with Gasteiger partial charge in [-0.1, -0.05) is 30.3 Å². The number of benzene rings is 3. The number of non-ortho nitro benzene ring substituents is 1. The van der Waals surface area contributed by atoms with Crippen molar-refractivity contribution < 1.29 is 28.1 Å². The van der Waals surface area contributed by atoms with E-state index in [1.165, 1.54) is 6.07 Å². The Balaban J connectivity index is 0.00000280. The van der Waals surface area contributed by atoms with Gasteiger partial charge < -0.3 is 10.2 Å². The summed E-state index contributed by atoms with van der Waals surface area (Å²) in [4.78, 5) is 8.99. The molecule has 0 aliphatic heterocycles. The van der Waals surface area contributed by atoms with Crippen molar-refractivity contribution in [3.05, 3.63) is 58.6 Å². The van der Waals surface area contributed by atoms with E-state index in [-0.39, 0.29) is 41.0 Å². The molecule has 3 rings (SSSR count). The average Bonchev–Trinajstić information content (AvgIpc) is 2.60. The van der Waals surface area contributed by atoms with Gasteiger partial charge in [-0.05, 0) is 11.5 Å². The molecule has 0 amide bonds. The minimum atomic E-state index is -4.94. The van der Waals surface area contributed by atoms with Gasteiger partial charge in [0.25, 0.3) is 15.8 Å². The van der Waals surface area contributed by atoms with E-state index in [0.29, 0.717) is 11.5 Å². The van der Waals surface area contributed by atoms with Crippen molar-refractivity contribution in [2.45, 2.75) is 4.90 Å². The van der Waals surface area contributed by atoms with Crippen LogP contribution in [-0.4, -0.2) is 57.7 Å². The molecule has 0 heterocycles. The third kappa shape index (κ3) is 4.29. The van der Waals surface area contributed by atoms with E-state index in [4.69, 9.17) is 4.55 Å². The minimum Gasteiger partial charge on any atom is -0.506 e. The van der Waals surface area contributed by atoms with Gasteiger partial charge in [0.15, 0.2) is 5.75 Å². The second-order valence-corrected chi connectivity index (χ2v) is 6.79. The largest absolute Gasteiger partial charge is 0.506 e. The maximum Gasteiger partial charge on any atom is 0.298 e. The number of phenols is 2. The van der Waals surface area contributed by atoms with Crippen LogP contribution in [0, 0.1) is 10.1 Å². The number of hydrogen-bond donors (Lipinski definition) is 3. The van der Waals surface area contributed by atoms with E-state index in [1.54, 1.807) is 30.3 Å². The number of nitrogens with zero attached hydrogens (tertiary/aromatic N) is 3. The van der Waals surface area contributed by atoms with Crippen LogP contribution in [0.2, 0.25) is 0 Å². The summed E-state index contributed by atoms with van der Waals surface area (Å²) in [7, 11) is -4.94. The van der Waals surface area contributed by atoms with Gasteiger partial charge in [0, 0.05) is 47.1 Å². The van der Waals surface area contributed by atoms with Gasteiger partial charge in [-0.25, -0.2) is 0 Å². The van der Waals surface area contributed by atoms with Crippen molar-refractivity contribution in [2.75, 3.05) is 0 Å². The molecule has 28 heavy (non-hydrogen) atoms. The molecule has 0 spiro atoms. The number of azo groups is 1. The molecule has 0 bridgehead atoms. The average molecular weight is 412 g/mol. The van der Waals surface area contributed by atoms with Crippen LogP contribution in [0.3, 0.4) is 0 Å². The molecule has 139 valence electrons. The van der Waals surface area contributed by atoms with E-state index in [2.05, 4.69) is 10.2 Å². The molecule has 10 nitrogen and oxygen atoms in total. The molecule has 0 saturated carbocycles. The summed E-state index contributed by atoms with van der Waals surface area (Å²) in [6, 6.07) is 11.2. The van der Waals surface area contributed by atoms with Crippen molar-refractivity contribution in [3.63, 3.8) is 0 Å². The number of phenolic OH excluding ortho intramolecular Hbond substituents is 2. The van der Waals surface area contributed by atoms with Crippen molar-refractivity contribution >= 4 is 67.5 Å². The van der Waals surface area contributed by atoms with Crippen molar-refractivity contribution in [3.8, 4) is 11.5 Å². The number of rotatable bonds is 4. The first-order valence-electron chi connectivity index (χ1n) is 7.30. The maximum atomic E-state index is 11.3. The number of aromatic hydroxyl groups is 2. The van der Waals surface area contributed by atoms with Gasteiger partial charge in [-0.15, -0.1) is 10.2 Å². The molecule has 0 aliphatic carbocycles. The van der Waals surface area contributed by atoms with Crippen LogP contribution >= 0.6 is 0 Å². The fourth-order valence-electron chi connectivity index (χ4n) is 2.41. The fraction of sp³-hybridized carbons (Fsp3) is 0. The molecule has 0 unspecified atom stereocenters. The Hall–Kier alpha value is -2.57. The third-order valence-electron chi connectivity index (χ3n) is 3.67. The van der Waals surface area contributed by atoms with Gasteiger partial charge in [0.05, 0.1) is 4.92 Å². The predicted octanol–water partition coefficient (Wildman–Crippen LogP) is 3.44. The van der Waals surface area contributed by atoms with Crippen LogP contribution < -0.4 is 0 Å². The molecule has 3 N–H and O–H groups in total. The van der Waals surface area contributed by atoms with Crippen molar-refractivity contribution in [1.82, 2.24) is 0 Å². The van der Waals surface area contributed by atoms with Crippen molar-refractivity contribution in [1.29, 1.82) is 0 Å². The number of fused-ring (bicyclic) bond motifs is 1. The Morgan fingerprint density at radius 1 is 1.00 bits per heavy atom. The first-order valence-corrected chi connectivity index (χ1v) is 8.74. The summed E-state index contributed by atoms with van der Waals surface area (Å²) in [5, 5.41) is 39.7. The Morgan fingerprint density at radius 3 is 2.32 bits per heavy atom. The summed E-state index contributed by atoms with van der Waals surface area (Å²) in [6.07, 6.45) is 0. The zero-order chi connectivity index (χ0) is 19.8. The summed E-state index contributed by atoms with van der Waals surface area (Å²) in [5.74, 6) is -1.25. The number of nitro benzene ring substituents is 1. The first-order chi connectivity index (χ1) is 12.7. The quantitative estimate of drug-likeness (QED) is 0.194. The van der Waals surface area contributed by atoms with Crippen LogP contribution in [0.15, 0.2) is 63.7 Å². The second kappa shape index (κ2) is 8.20. The Morgan fingerprint density at radius 2 is 1.68 bits per heavy atom. The summed E-state index contributed by atoms with van der Waals surface area (Å²) in [6.45, 7) is 0. The summed E-state index contributed by atoms with van der Waals surface area (Å²) < 4.78 is 31.8. The van der Waals surface area contributed by atoms with Gasteiger partial charge in [-0.3, -0.25) is 14.7 Å². The van der Waals surface area contributed by atoms with E-state index in [0.717, 1.165) is 11.5 Å². The van der Waals surface area contributed by atoms with Crippen molar-refractivity contribution in [2.24, 2.45) is 10.2 Å². The minimum absolute atomic E-state index is 0. The molecule has 3 aromatic carbocycles. The Labute approximate surface area is 180 Å². The molecule has 0 fully saturated rings. The van der Waals surface area contributed by atoms with Crippen LogP contribution in [0.1, 0.15) is 0 Å². The smallest absolute Gasteiger partial charge is 0.298 e. The zero-order valence-electron chi connectivity index (χ0n) is 14.3. The molecule has 0 atom stereocenters. The van der Waals surface area contributed by atoms with Crippen LogP contribution in [0.25, 0.3) is 10.8 Å².